The Morgan fingerprint density at radius 2 is 2.00 bits per heavy atom. The molecule has 1 rings (SSSR count). The van der Waals surface area contributed by atoms with Crippen molar-refractivity contribution in [1.29, 1.82) is 0 Å². The molecule has 0 amide bonds. The molecule has 0 saturated carbocycles. The predicted octanol–water partition coefficient (Wildman–Crippen LogP) is 2.69. The van der Waals surface area contributed by atoms with Crippen molar-refractivity contribution in [1.82, 2.24) is 0 Å². The van der Waals surface area contributed by atoms with Crippen LogP contribution in [0, 0.1) is 11.8 Å². The summed E-state index contributed by atoms with van der Waals surface area (Å²) in [5, 5.41) is 9.72. The molecule has 3 heteroatoms. The first-order valence-electron chi connectivity index (χ1n) is 6.60. The van der Waals surface area contributed by atoms with Crippen LogP contribution in [-0.4, -0.2) is 37.2 Å². The maximum Gasteiger partial charge on any atom is 0.0798 e. The van der Waals surface area contributed by atoms with E-state index in [-0.39, 0.29) is 12.0 Å². The Balaban J connectivity index is 0.00000121. The van der Waals surface area contributed by atoms with Crippen LogP contribution in [0.1, 0.15) is 34.1 Å². The van der Waals surface area contributed by atoms with Crippen molar-refractivity contribution >= 4 is 5.71 Å². The molecule has 0 bridgehead atoms. The van der Waals surface area contributed by atoms with Crippen LogP contribution < -0.4 is 0 Å². The van der Waals surface area contributed by atoms with Crippen molar-refractivity contribution in [3.63, 3.8) is 0 Å². The average molecular weight is 241 g/mol. The maximum atomic E-state index is 9.72. The Kier molecular flexibility index (Phi) is 9.00. The van der Waals surface area contributed by atoms with Gasteiger partial charge in [-0.2, -0.15) is 0 Å². The van der Waals surface area contributed by atoms with Crippen molar-refractivity contribution in [3.8, 4) is 0 Å². The van der Waals surface area contributed by atoms with Crippen LogP contribution in [0.25, 0.3) is 0 Å². The third-order valence-electron chi connectivity index (χ3n) is 2.93. The van der Waals surface area contributed by atoms with Crippen LogP contribution in [0.2, 0.25) is 0 Å². The van der Waals surface area contributed by atoms with Gasteiger partial charge in [0.25, 0.3) is 0 Å². The highest BCUT2D eigenvalue weighted by molar-refractivity contribution is 5.91. The van der Waals surface area contributed by atoms with Gasteiger partial charge >= 0.3 is 0 Å². The second-order valence-electron chi connectivity index (χ2n) is 3.98. The van der Waals surface area contributed by atoms with Crippen LogP contribution in [-0.2, 0) is 4.74 Å². The maximum absolute atomic E-state index is 9.72. The van der Waals surface area contributed by atoms with Crippen molar-refractivity contribution in [2.24, 2.45) is 16.8 Å². The summed E-state index contributed by atoms with van der Waals surface area (Å²) in [5.41, 5.74) is 1.12. The highest BCUT2D eigenvalue weighted by Gasteiger charge is 2.26. The lowest BCUT2D eigenvalue weighted by molar-refractivity contribution is 0.185. The molecule has 0 spiro atoms. The van der Waals surface area contributed by atoms with E-state index in [9.17, 15) is 5.11 Å². The van der Waals surface area contributed by atoms with Crippen LogP contribution in [0.15, 0.2) is 17.1 Å². The van der Waals surface area contributed by atoms with E-state index in [1.807, 2.05) is 26.8 Å². The highest BCUT2D eigenvalue weighted by atomic mass is 16.5. The lowest BCUT2D eigenvalue weighted by Gasteiger charge is -2.28. The van der Waals surface area contributed by atoms with E-state index in [4.69, 9.17) is 4.74 Å². The zero-order valence-electron chi connectivity index (χ0n) is 11.8. The zero-order valence-corrected chi connectivity index (χ0v) is 11.8. The Morgan fingerprint density at radius 1 is 1.35 bits per heavy atom. The van der Waals surface area contributed by atoms with E-state index in [1.54, 1.807) is 7.11 Å². The standard InChI is InChI=1S/C12H21NO2.C2H6/c1-4-10-5-6-11(14)9(2)12(10)13-7-8-15-3;1-2/h5-6,9-11,14H,4,7-8H2,1-3H3;1-2H3. The predicted molar refractivity (Wildman–Crippen MR) is 73.6 cm³/mol. The van der Waals surface area contributed by atoms with Crippen molar-refractivity contribution < 1.29 is 9.84 Å². The summed E-state index contributed by atoms with van der Waals surface area (Å²) in [6.45, 7) is 9.51. The molecule has 0 aliphatic heterocycles. The average Bonchev–Trinajstić information content (AvgIpc) is 2.37. The number of aliphatic hydroxyl groups excluding tert-OH is 1. The molecule has 0 heterocycles. The minimum Gasteiger partial charge on any atom is -0.388 e. The molecule has 17 heavy (non-hydrogen) atoms. The third-order valence-corrected chi connectivity index (χ3v) is 2.93. The highest BCUT2D eigenvalue weighted by Crippen LogP contribution is 2.23. The van der Waals surface area contributed by atoms with Crippen molar-refractivity contribution in [2.45, 2.75) is 40.2 Å². The van der Waals surface area contributed by atoms with E-state index >= 15 is 0 Å². The second kappa shape index (κ2) is 9.37. The topological polar surface area (TPSA) is 41.8 Å². The number of nitrogens with zero attached hydrogens (tertiary/aromatic N) is 1. The Morgan fingerprint density at radius 3 is 2.53 bits per heavy atom. The minimum atomic E-state index is -0.380. The molecule has 3 nitrogen and oxygen atoms in total. The molecule has 0 saturated heterocycles. The van der Waals surface area contributed by atoms with Gasteiger partial charge in [-0.3, -0.25) is 4.99 Å². The van der Waals surface area contributed by atoms with Crippen LogP contribution in [0.5, 0.6) is 0 Å². The van der Waals surface area contributed by atoms with Gasteiger partial charge in [0.05, 0.1) is 19.3 Å². The Labute approximate surface area is 106 Å². The van der Waals surface area contributed by atoms with Gasteiger partial charge in [0.15, 0.2) is 0 Å². The number of allylic oxidation sites excluding steroid dienone is 1. The van der Waals surface area contributed by atoms with Crippen LogP contribution in [0.3, 0.4) is 0 Å². The molecule has 0 aromatic heterocycles. The molecule has 1 N–H and O–H groups in total. The minimum absolute atomic E-state index is 0.136. The molecule has 0 radical (unpaired) electrons. The number of aliphatic imine (C=N–C) groups is 1. The van der Waals surface area contributed by atoms with Crippen molar-refractivity contribution in [3.05, 3.63) is 12.2 Å². The molecule has 0 aromatic carbocycles. The normalized spacial score (nSPS) is 30.0. The summed E-state index contributed by atoms with van der Waals surface area (Å²) in [7, 11) is 1.68. The van der Waals surface area contributed by atoms with Crippen LogP contribution in [0.4, 0.5) is 0 Å². The Bertz CT molecular complexity index is 249. The fraction of sp³-hybridized carbons (Fsp3) is 0.786. The first-order chi connectivity index (χ1) is 8.20. The molecule has 3 unspecified atom stereocenters. The second-order valence-corrected chi connectivity index (χ2v) is 3.98. The first kappa shape index (κ1) is 16.3. The first-order valence-corrected chi connectivity index (χ1v) is 6.60. The number of methoxy groups -OCH3 is 1. The third kappa shape index (κ3) is 5.00. The molecular formula is C14H27NO2. The fourth-order valence-electron chi connectivity index (χ4n) is 1.90. The number of aliphatic hydroxyl groups is 1. The Hall–Kier alpha value is -0.670. The lowest BCUT2D eigenvalue weighted by atomic mass is 9.82. The monoisotopic (exact) mass is 241 g/mol. The van der Waals surface area contributed by atoms with Gasteiger partial charge < -0.3 is 9.84 Å². The molecular weight excluding hydrogens is 214 g/mol. The van der Waals surface area contributed by atoms with Gasteiger partial charge in [-0.15, -0.1) is 0 Å². The van der Waals surface area contributed by atoms with E-state index in [1.165, 1.54) is 0 Å². The molecule has 1 aliphatic carbocycles. The number of rotatable bonds is 4. The molecule has 3 atom stereocenters. The number of hydrogen-bond acceptors (Lipinski definition) is 3. The summed E-state index contributed by atoms with van der Waals surface area (Å²) in [5.74, 6) is 0.525. The fourth-order valence-corrected chi connectivity index (χ4v) is 1.90. The molecule has 100 valence electrons. The lowest BCUT2D eigenvalue weighted by Crippen LogP contribution is -2.33. The summed E-state index contributed by atoms with van der Waals surface area (Å²) in [4.78, 5) is 4.54. The van der Waals surface area contributed by atoms with Crippen LogP contribution >= 0.6 is 0 Å². The number of hydrogen-bond donors (Lipinski definition) is 1. The largest absolute Gasteiger partial charge is 0.388 e. The summed E-state index contributed by atoms with van der Waals surface area (Å²) >= 11 is 0. The van der Waals surface area contributed by atoms with E-state index in [2.05, 4.69) is 18.0 Å². The zero-order chi connectivity index (χ0) is 13.3. The van der Waals surface area contributed by atoms with Gasteiger partial charge in [0.1, 0.15) is 0 Å². The van der Waals surface area contributed by atoms with E-state index in [0.29, 0.717) is 19.1 Å². The summed E-state index contributed by atoms with van der Waals surface area (Å²) < 4.78 is 4.98. The van der Waals surface area contributed by atoms with Gasteiger partial charge in [-0.05, 0) is 6.42 Å². The van der Waals surface area contributed by atoms with E-state index in [0.717, 1.165) is 12.1 Å². The van der Waals surface area contributed by atoms with Crippen molar-refractivity contribution in [2.75, 3.05) is 20.3 Å². The van der Waals surface area contributed by atoms with Gasteiger partial charge in [-0.25, -0.2) is 0 Å². The van der Waals surface area contributed by atoms with Gasteiger partial charge in [0.2, 0.25) is 0 Å². The molecule has 0 fully saturated rings. The molecule has 0 aromatic rings. The smallest absolute Gasteiger partial charge is 0.0798 e. The SMILES string of the molecule is CC.CCC1C=CC(O)C(C)C1=NCCOC. The number of ether oxygens (including phenoxy) is 1. The van der Waals surface area contributed by atoms with E-state index < -0.39 is 0 Å². The summed E-state index contributed by atoms with van der Waals surface area (Å²) in [6, 6.07) is 0. The van der Waals surface area contributed by atoms with Gasteiger partial charge in [0, 0.05) is 24.7 Å². The summed E-state index contributed by atoms with van der Waals surface area (Å²) in [6.07, 6.45) is 4.61. The quantitative estimate of drug-likeness (QED) is 0.607. The van der Waals surface area contributed by atoms with Gasteiger partial charge in [-0.1, -0.05) is 39.8 Å². The molecule has 1 aliphatic rings.